The number of carbonyl (C=O) groups is 1. The van der Waals surface area contributed by atoms with Crippen LogP contribution in [-0.2, 0) is 24.3 Å². The van der Waals surface area contributed by atoms with Crippen LogP contribution in [0, 0.1) is 0 Å². The van der Waals surface area contributed by atoms with Gasteiger partial charge in [0.2, 0.25) is 10.0 Å². The average molecular weight is 455 g/mol. The van der Waals surface area contributed by atoms with E-state index in [-0.39, 0.29) is 30.0 Å². The molecule has 1 amide bonds. The summed E-state index contributed by atoms with van der Waals surface area (Å²) in [5.41, 5.74) is 0.968. The summed E-state index contributed by atoms with van der Waals surface area (Å²) in [4.78, 5) is 14.5. The van der Waals surface area contributed by atoms with Crippen LogP contribution in [0.1, 0.15) is 26.2 Å². The van der Waals surface area contributed by atoms with Gasteiger partial charge in [0, 0.05) is 32.8 Å². The molecule has 2 atom stereocenters. The van der Waals surface area contributed by atoms with Crippen molar-refractivity contribution in [3.05, 3.63) is 18.2 Å². The Labute approximate surface area is 180 Å². The van der Waals surface area contributed by atoms with Gasteiger partial charge in [0.15, 0.2) is 0 Å². The molecule has 2 fully saturated rings. The summed E-state index contributed by atoms with van der Waals surface area (Å²) < 4.78 is 47.3. The van der Waals surface area contributed by atoms with E-state index in [1.807, 2.05) is 0 Å². The molecule has 0 aliphatic carbocycles. The maximum atomic E-state index is 13.1. The second-order valence-corrected chi connectivity index (χ2v) is 10.0. The number of hydrogen-bond acceptors (Lipinski definition) is 8. The Morgan fingerprint density at radius 3 is 2.80 bits per heavy atom. The molecule has 164 valence electrons. The number of hydrogen-bond donors (Lipinski definition) is 0. The molecule has 4 rings (SSSR count). The van der Waals surface area contributed by atoms with Gasteiger partial charge in [0.05, 0.1) is 24.4 Å². The highest BCUT2D eigenvalue weighted by Gasteiger charge is 2.33. The molecular formula is C19H26N4O5S2. The Hall–Kier alpha value is -1.66. The van der Waals surface area contributed by atoms with E-state index in [1.165, 1.54) is 4.31 Å². The molecule has 2 aliphatic heterocycles. The van der Waals surface area contributed by atoms with Crippen LogP contribution in [0.25, 0.3) is 11.0 Å². The fourth-order valence-corrected chi connectivity index (χ4v) is 5.97. The van der Waals surface area contributed by atoms with Crippen LogP contribution >= 0.6 is 11.7 Å². The van der Waals surface area contributed by atoms with Crippen molar-refractivity contribution in [2.24, 2.45) is 0 Å². The largest absolute Gasteiger partial charge is 0.376 e. The van der Waals surface area contributed by atoms with Gasteiger partial charge in [0.25, 0.3) is 5.91 Å². The first-order valence-electron chi connectivity index (χ1n) is 10.2. The normalized spacial score (nSPS) is 22.3. The highest BCUT2D eigenvalue weighted by atomic mass is 32.2. The summed E-state index contributed by atoms with van der Waals surface area (Å²) >= 11 is 0.993. The molecule has 2 aliphatic rings. The molecule has 0 spiro atoms. The maximum absolute atomic E-state index is 13.1. The molecule has 3 heterocycles. The molecule has 2 saturated heterocycles. The monoisotopic (exact) mass is 454 g/mol. The number of aromatic nitrogens is 2. The van der Waals surface area contributed by atoms with Crippen molar-refractivity contribution in [2.75, 3.05) is 39.4 Å². The second kappa shape index (κ2) is 9.23. The average Bonchev–Trinajstić information content (AvgIpc) is 3.26. The molecule has 2 unspecified atom stereocenters. The van der Waals surface area contributed by atoms with Crippen molar-refractivity contribution < 1.29 is 22.7 Å². The highest BCUT2D eigenvalue weighted by Crippen LogP contribution is 2.25. The van der Waals surface area contributed by atoms with E-state index in [2.05, 4.69) is 8.75 Å². The lowest BCUT2D eigenvalue weighted by Gasteiger charge is -2.35. The highest BCUT2D eigenvalue weighted by molar-refractivity contribution is 7.89. The molecule has 0 bridgehead atoms. The number of sulfonamides is 1. The predicted octanol–water partition coefficient (Wildman–Crippen LogP) is 1.50. The van der Waals surface area contributed by atoms with Crippen LogP contribution in [0.15, 0.2) is 23.1 Å². The van der Waals surface area contributed by atoms with E-state index in [0.29, 0.717) is 30.7 Å². The molecule has 9 nitrogen and oxygen atoms in total. The van der Waals surface area contributed by atoms with Gasteiger partial charge in [-0.1, -0.05) is 6.07 Å². The Bertz CT molecular complexity index is 982. The van der Waals surface area contributed by atoms with Gasteiger partial charge in [-0.25, -0.2) is 8.42 Å². The summed E-state index contributed by atoms with van der Waals surface area (Å²) in [7, 11) is -3.70. The topological polar surface area (TPSA) is 102 Å². The summed E-state index contributed by atoms with van der Waals surface area (Å²) in [5, 5.41) is 0. The Kier molecular flexibility index (Phi) is 6.63. The zero-order valence-corrected chi connectivity index (χ0v) is 18.5. The van der Waals surface area contributed by atoms with Gasteiger partial charge in [-0.3, -0.25) is 4.79 Å². The van der Waals surface area contributed by atoms with Gasteiger partial charge in [0.1, 0.15) is 22.0 Å². The van der Waals surface area contributed by atoms with Gasteiger partial charge in [-0.2, -0.15) is 13.1 Å². The molecule has 1 aromatic heterocycles. The van der Waals surface area contributed by atoms with Crippen molar-refractivity contribution in [3.63, 3.8) is 0 Å². The SMILES string of the molecule is CC(OCC1CCCCO1)C(=O)N1CCN(S(=O)(=O)c2cccc3nsnc23)CC1. The summed E-state index contributed by atoms with van der Waals surface area (Å²) in [6.45, 7) is 4.03. The number of fused-ring (bicyclic) bond motifs is 1. The van der Waals surface area contributed by atoms with Crippen LogP contribution in [0.2, 0.25) is 0 Å². The van der Waals surface area contributed by atoms with Crippen molar-refractivity contribution in [3.8, 4) is 0 Å². The number of ether oxygens (including phenoxy) is 2. The van der Waals surface area contributed by atoms with Crippen molar-refractivity contribution >= 4 is 38.7 Å². The van der Waals surface area contributed by atoms with E-state index < -0.39 is 16.1 Å². The van der Waals surface area contributed by atoms with Crippen LogP contribution in [-0.4, -0.2) is 83.9 Å². The Morgan fingerprint density at radius 1 is 1.27 bits per heavy atom. The van der Waals surface area contributed by atoms with E-state index in [0.717, 1.165) is 37.6 Å². The molecule has 1 aromatic carbocycles. The third kappa shape index (κ3) is 4.50. The number of piperazine rings is 1. The van der Waals surface area contributed by atoms with E-state index in [9.17, 15) is 13.2 Å². The molecule has 2 aromatic rings. The number of amides is 1. The Morgan fingerprint density at radius 2 is 2.07 bits per heavy atom. The first kappa shape index (κ1) is 21.6. The van der Waals surface area contributed by atoms with Gasteiger partial charge >= 0.3 is 0 Å². The first-order chi connectivity index (χ1) is 14.5. The summed E-state index contributed by atoms with van der Waals surface area (Å²) in [6.07, 6.45) is 2.63. The molecule has 11 heteroatoms. The Balaban J connectivity index is 1.33. The first-order valence-corrected chi connectivity index (χ1v) is 12.4. The van der Waals surface area contributed by atoms with Crippen LogP contribution in [0.3, 0.4) is 0 Å². The number of nitrogens with zero attached hydrogens (tertiary/aromatic N) is 4. The standard InChI is InChI=1S/C19H26N4O5S2/c1-14(28-13-15-5-2-3-12-27-15)19(24)22-8-10-23(11-9-22)30(25,26)17-7-4-6-16-18(17)21-29-20-16/h4,6-7,14-15H,2-3,5,8-13H2,1H3. The minimum atomic E-state index is -3.70. The van der Waals surface area contributed by atoms with Crippen LogP contribution in [0.4, 0.5) is 0 Å². The zero-order chi connectivity index (χ0) is 21.1. The van der Waals surface area contributed by atoms with Gasteiger partial charge in [-0.15, -0.1) is 0 Å². The molecule has 0 N–H and O–H groups in total. The number of benzene rings is 1. The van der Waals surface area contributed by atoms with Gasteiger partial charge < -0.3 is 14.4 Å². The van der Waals surface area contributed by atoms with E-state index in [4.69, 9.17) is 9.47 Å². The van der Waals surface area contributed by atoms with Crippen molar-refractivity contribution in [1.29, 1.82) is 0 Å². The predicted molar refractivity (Wildman–Crippen MR) is 112 cm³/mol. The summed E-state index contributed by atoms with van der Waals surface area (Å²) in [5.74, 6) is -0.117. The lowest BCUT2D eigenvalue weighted by molar-refractivity contribution is -0.147. The minimum Gasteiger partial charge on any atom is -0.376 e. The smallest absolute Gasteiger partial charge is 0.251 e. The van der Waals surface area contributed by atoms with Crippen molar-refractivity contribution in [2.45, 2.75) is 43.3 Å². The third-order valence-electron chi connectivity index (χ3n) is 5.57. The molecule has 30 heavy (non-hydrogen) atoms. The second-order valence-electron chi connectivity index (χ2n) is 7.58. The maximum Gasteiger partial charge on any atom is 0.251 e. The number of carbonyl (C=O) groups excluding carboxylic acids is 1. The molecule has 0 saturated carbocycles. The molecular weight excluding hydrogens is 428 g/mol. The number of rotatable bonds is 6. The third-order valence-corrected chi connectivity index (χ3v) is 8.04. The van der Waals surface area contributed by atoms with E-state index in [1.54, 1.807) is 30.0 Å². The zero-order valence-electron chi connectivity index (χ0n) is 16.9. The lowest BCUT2D eigenvalue weighted by Crippen LogP contribution is -2.53. The lowest BCUT2D eigenvalue weighted by atomic mass is 10.1. The van der Waals surface area contributed by atoms with Crippen LogP contribution < -0.4 is 0 Å². The summed E-state index contributed by atoms with van der Waals surface area (Å²) in [6, 6.07) is 4.97. The fraction of sp³-hybridized carbons (Fsp3) is 0.632. The van der Waals surface area contributed by atoms with Crippen LogP contribution in [0.5, 0.6) is 0 Å². The van der Waals surface area contributed by atoms with Gasteiger partial charge in [-0.05, 0) is 38.3 Å². The van der Waals surface area contributed by atoms with Crippen molar-refractivity contribution in [1.82, 2.24) is 18.0 Å². The quantitative estimate of drug-likeness (QED) is 0.652. The fourth-order valence-electron chi connectivity index (χ4n) is 3.80. The minimum absolute atomic E-state index is 0.0545. The van der Waals surface area contributed by atoms with E-state index >= 15 is 0 Å². The molecule has 0 radical (unpaired) electrons.